The topological polar surface area (TPSA) is 107 Å². The molecule has 5 rings (SSSR count). The van der Waals surface area contributed by atoms with Crippen LogP contribution < -0.4 is 10.2 Å². The summed E-state index contributed by atoms with van der Waals surface area (Å²) in [6.45, 7) is 10.00. The molecular formula is C33H45N7O3. The van der Waals surface area contributed by atoms with Gasteiger partial charge in [0.05, 0.1) is 22.8 Å². The molecule has 0 atom stereocenters. The van der Waals surface area contributed by atoms with Crippen molar-refractivity contribution in [2.45, 2.75) is 58.0 Å². The summed E-state index contributed by atoms with van der Waals surface area (Å²) >= 11 is 0. The van der Waals surface area contributed by atoms with E-state index < -0.39 is 5.60 Å². The number of ether oxygens (including phenoxy) is 1. The molecule has 0 radical (unpaired) electrons. The van der Waals surface area contributed by atoms with Crippen molar-refractivity contribution in [2.75, 3.05) is 57.0 Å². The van der Waals surface area contributed by atoms with Crippen molar-refractivity contribution in [1.29, 1.82) is 0 Å². The van der Waals surface area contributed by atoms with Gasteiger partial charge >= 0.3 is 6.09 Å². The molecule has 2 saturated heterocycles. The number of rotatable bonds is 7. The zero-order valence-electron chi connectivity index (χ0n) is 26.1. The van der Waals surface area contributed by atoms with Gasteiger partial charge in [0.15, 0.2) is 0 Å². The highest BCUT2D eigenvalue weighted by atomic mass is 16.6. The molecule has 3 aromatic rings. The third-order valence-electron chi connectivity index (χ3n) is 8.23. The SMILES string of the molecule is CN(C)CC1CCN(c2cc(C3CCN(C(=O)OC(C)(C)C)CC3)ccc2NC(=O)c2cccc(-c3ccn[nH]3)n2)CC1. The van der Waals surface area contributed by atoms with Crippen LogP contribution in [0, 0.1) is 5.92 Å². The van der Waals surface area contributed by atoms with Gasteiger partial charge in [-0.05, 0) is 108 Å². The first-order valence-corrected chi connectivity index (χ1v) is 15.4. The predicted molar refractivity (Wildman–Crippen MR) is 169 cm³/mol. The Morgan fingerprint density at radius 3 is 2.42 bits per heavy atom. The Kier molecular flexibility index (Phi) is 9.34. The third kappa shape index (κ3) is 7.93. The number of aromatic nitrogens is 3. The van der Waals surface area contributed by atoms with Crippen LogP contribution in [0.15, 0.2) is 48.7 Å². The Bertz CT molecular complexity index is 1380. The summed E-state index contributed by atoms with van der Waals surface area (Å²) in [5.41, 5.74) is 4.36. The van der Waals surface area contributed by atoms with E-state index in [2.05, 4.69) is 56.5 Å². The standard InChI is InChI=1S/C33H45N7O3/c1-33(2,3)43-32(42)40-19-14-24(15-20-40)25-9-10-28(30(21-25)39-17-12-23(13-18-39)22-38(4)5)36-31(41)29-8-6-7-26(35-29)27-11-16-34-37-27/h6-11,16,21,23-24H,12-15,17-20,22H2,1-5H3,(H,34,37)(H,36,41). The minimum absolute atomic E-state index is 0.240. The van der Waals surface area contributed by atoms with E-state index in [1.165, 1.54) is 5.56 Å². The lowest BCUT2D eigenvalue weighted by atomic mass is 9.88. The Morgan fingerprint density at radius 2 is 1.77 bits per heavy atom. The number of aromatic amines is 1. The number of nitrogens with one attached hydrogen (secondary N) is 2. The number of amides is 2. The van der Waals surface area contributed by atoms with Crippen molar-refractivity contribution in [2.24, 2.45) is 5.92 Å². The van der Waals surface area contributed by atoms with Gasteiger partial charge in [-0.15, -0.1) is 0 Å². The Balaban J connectivity index is 1.34. The molecule has 0 bridgehead atoms. The van der Waals surface area contributed by atoms with E-state index in [1.54, 1.807) is 12.3 Å². The van der Waals surface area contributed by atoms with Gasteiger partial charge in [-0.2, -0.15) is 5.10 Å². The van der Waals surface area contributed by atoms with Crippen molar-refractivity contribution in [1.82, 2.24) is 25.0 Å². The number of anilines is 2. The van der Waals surface area contributed by atoms with Gasteiger partial charge in [-0.25, -0.2) is 9.78 Å². The second-order valence-corrected chi connectivity index (χ2v) is 13.0. The van der Waals surface area contributed by atoms with Crippen molar-refractivity contribution < 1.29 is 14.3 Å². The van der Waals surface area contributed by atoms with Crippen LogP contribution in [-0.4, -0.2) is 89.4 Å². The number of hydrogen-bond acceptors (Lipinski definition) is 7. The number of likely N-dealkylation sites (tertiary alicyclic amines) is 1. The molecule has 4 heterocycles. The minimum Gasteiger partial charge on any atom is -0.444 e. The summed E-state index contributed by atoms with van der Waals surface area (Å²) in [5.74, 6) is 0.754. The monoisotopic (exact) mass is 587 g/mol. The average molecular weight is 588 g/mol. The van der Waals surface area contributed by atoms with Crippen molar-refractivity contribution in [3.05, 3.63) is 59.9 Å². The maximum Gasteiger partial charge on any atom is 0.410 e. The van der Waals surface area contributed by atoms with Crippen LogP contribution in [0.4, 0.5) is 16.2 Å². The Hall–Kier alpha value is -3.92. The van der Waals surface area contributed by atoms with Gasteiger partial charge in [0, 0.05) is 38.9 Å². The first-order chi connectivity index (χ1) is 20.6. The molecule has 0 unspecified atom stereocenters. The molecule has 43 heavy (non-hydrogen) atoms. The maximum atomic E-state index is 13.5. The highest BCUT2D eigenvalue weighted by Gasteiger charge is 2.29. The molecule has 1 aromatic carbocycles. The smallest absolute Gasteiger partial charge is 0.410 e. The van der Waals surface area contributed by atoms with Crippen LogP contribution in [0.1, 0.15) is 68.4 Å². The number of benzene rings is 1. The number of carbonyl (C=O) groups is 2. The molecule has 2 N–H and O–H groups in total. The molecule has 2 aliphatic rings. The van der Waals surface area contributed by atoms with E-state index in [9.17, 15) is 9.59 Å². The molecule has 0 saturated carbocycles. The van der Waals surface area contributed by atoms with Gasteiger partial charge in [0.2, 0.25) is 0 Å². The summed E-state index contributed by atoms with van der Waals surface area (Å²) in [6.07, 6.45) is 5.39. The second-order valence-electron chi connectivity index (χ2n) is 13.0. The average Bonchev–Trinajstić information content (AvgIpc) is 3.52. The Morgan fingerprint density at radius 1 is 1.02 bits per heavy atom. The first kappa shape index (κ1) is 30.5. The molecule has 0 spiro atoms. The molecule has 2 aliphatic heterocycles. The normalized spacial score (nSPS) is 16.9. The fourth-order valence-corrected chi connectivity index (χ4v) is 6.06. The van der Waals surface area contributed by atoms with E-state index in [0.29, 0.717) is 36.3 Å². The number of pyridine rings is 1. The van der Waals surface area contributed by atoms with Gasteiger partial charge in [-0.3, -0.25) is 9.89 Å². The van der Waals surface area contributed by atoms with Crippen LogP contribution in [-0.2, 0) is 4.74 Å². The molecule has 0 aliphatic carbocycles. The molecule has 2 aromatic heterocycles. The number of nitrogens with zero attached hydrogens (tertiary/aromatic N) is 5. The minimum atomic E-state index is -0.501. The summed E-state index contributed by atoms with van der Waals surface area (Å²) in [6, 6.07) is 13.7. The molecule has 10 nitrogen and oxygen atoms in total. The summed E-state index contributed by atoms with van der Waals surface area (Å²) in [4.78, 5) is 37.1. The van der Waals surface area contributed by atoms with E-state index >= 15 is 0 Å². The van der Waals surface area contributed by atoms with Crippen LogP contribution >= 0.6 is 0 Å². The summed E-state index contributed by atoms with van der Waals surface area (Å²) in [7, 11) is 4.26. The first-order valence-electron chi connectivity index (χ1n) is 15.4. The van der Waals surface area contributed by atoms with Crippen LogP contribution in [0.5, 0.6) is 0 Å². The van der Waals surface area contributed by atoms with Gasteiger partial charge in [-0.1, -0.05) is 12.1 Å². The molecule has 230 valence electrons. The number of piperidine rings is 2. The van der Waals surface area contributed by atoms with Crippen molar-refractivity contribution in [3.8, 4) is 11.4 Å². The van der Waals surface area contributed by atoms with Gasteiger partial charge < -0.3 is 24.8 Å². The van der Waals surface area contributed by atoms with Crippen LogP contribution in [0.2, 0.25) is 0 Å². The van der Waals surface area contributed by atoms with Crippen molar-refractivity contribution in [3.63, 3.8) is 0 Å². The fourth-order valence-electron chi connectivity index (χ4n) is 6.06. The highest BCUT2D eigenvalue weighted by Crippen LogP contribution is 2.37. The lowest BCUT2D eigenvalue weighted by Crippen LogP contribution is -2.41. The van der Waals surface area contributed by atoms with Crippen LogP contribution in [0.3, 0.4) is 0 Å². The van der Waals surface area contributed by atoms with Gasteiger partial charge in [0.25, 0.3) is 5.91 Å². The van der Waals surface area contributed by atoms with E-state index in [-0.39, 0.29) is 12.0 Å². The van der Waals surface area contributed by atoms with Crippen molar-refractivity contribution >= 4 is 23.4 Å². The van der Waals surface area contributed by atoms with Crippen LogP contribution in [0.25, 0.3) is 11.4 Å². The predicted octanol–water partition coefficient (Wildman–Crippen LogP) is 5.62. The molecular weight excluding hydrogens is 542 g/mol. The van der Waals surface area contributed by atoms with E-state index in [0.717, 1.165) is 62.4 Å². The number of hydrogen-bond donors (Lipinski definition) is 2. The quantitative estimate of drug-likeness (QED) is 0.370. The number of carbonyl (C=O) groups excluding carboxylic acids is 2. The number of H-pyrrole nitrogens is 1. The van der Waals surface area contributed by atoms with E-state index in [1.807, 2.05) is 49.9 Å². The maximum absolute atomic E-state index is 13.5. The molecule has 2 amide bonds. The summed E-state index contributed by atoms with van der Waals surface area (Å²) < 4.78 is 5.59. The lowest BCUT2D eigenvalue weighted by molar-refractivity contribution is 0.0204. The Labute approximate surface area is 254 Å². The lowest BCUT2D eigenvalue weighted by Gasteiger charge is -2.37. The zero-order chi connectivity index (χ0) is 30.6. The molecule has 10 heteroatoms. The largest absolute Gasteiger partial charge is 0.444 e. The van der Waals surface area contributed by atoms with Gasteiger partial charge in [0.1, 0.15) is 11.3 Å². The summed E-state index contributed by atoms with van der Waals surface area (Å²) in [5, 5.41) is 10.1. The third-order valence-corrected chi connectivity index (χ3v) is 8.23. The highest BCUT2D eigenvalue weighted by molar-refractivity contribution is 6.05. The molecule has 2 fully saturated rings. The van der Waals surface area contributed by atoms with E-state index in [4.69, 9.17) is 4.74 Å². The fraction of sp³-hybridized carbons (Fsp3) is 0.515. The second kappa shape index (κ2) is 13.2. The zero-order valence-corrected chi connectivity index (χ0v) is 26.1.